The second-order valence-electron chi connectivity index (χ2n) is 2.29. The molecule has 10 heavy (non-hydrogen) atoms. The lowest BCUT2D eigenvalue weighted by Crippen LogP contribution is -1.97. The SMILES string of the molecule is CC(=O)CC(C)=O.C[CH2][AlH2]. The van der Waals surface area contributed by atoms with E-state index < -0.39 is 0 Å². The zero-order chi connectivity index (χ0) is 8.57. The van der Waals surface area contributed by atoms with E-state index in [2.05, 4.69) is 6.92 Å². The smallest absolute Gasteiger partial charge is 0.211 e. The molecule has 0 atom stereocenters. The van der Waals surface area contributed by atoms with Gasteiger partial charge in [-0.2, -0.15) is 0 Å². The standard InChI is InChI=1S/C5H8O2.C2H5.Al.2H/c1-4(6)3-5(2)7;1-2;;;/h3H2,1-2H3;1H2,2H3;;;. The van der Waals surface area contributed by atoms with Crippen LogP contribution in [0.15, 0.2) is 0 Å². The van der Waals surface area contributed by atoms with E-state index in [0.29, 0.717) is 0 Å². The molecule has 0 aromatic heterocycles. The van der Waals surface area contributed by atoms with E-state index >= 15 is 0 Å². The first-order chi connectivity index (χ1) is 4.54. The summed E-state index contributed by atoms with van der Waals surface area (Å²) < 4.78 is 0. The second kappa shape index (κ2) is 8.87. The molecule has 0 aliphatic carbocycles. The highest BCUT2D eigenvalue weighted by molar-refractivity contribution is 6.08. The van der Waals surface area contributed by atoms with Crippen LogP contribution in [0.1, 0.15) is 27.2 Å². The Kier molecular flexibility index (Phi) is 11.1. The van der Waals surface area contributed by atoms with Gasteiger partial charge in [0.25, 0.3) is 0 Å². The van der Waals surface area contributed by atoms with Crippen molar-refractivity contribution in [3.63, 3.8) is 0 Å². The first-order valence-corrected chi connectivity index (χ1v) is 4.94. The third-order valence-corrected chi connectivity index (χ3v) is 0.498. The zero-order valence-electron chi connectivity index (χ0n) is 7.23. The zero-order valence-corrected chi connectivity index (χ0v) is 9.23. The maximum atomic E-state index is 10.0. The Bertz CT molecular complexity index is 98.2. The maximum absolute atomic E-state index is 10.0. The molecule has 0 heterocycles. The van der Waals surface area contributed by atoms with Gasteiger partial charge in [0.2, 0.25) is 16.3 Å². The first-order valence-electron chi connectivity index (χ1n) is 3.53. The molecule has 0 aliphatic rings. The van der Waals surface area contributed by atoms with Gasteiger partial charge in [-0.05, 0) is 13.8 Å². The van der Waals surface area contributed by atoms with Gasteiger partial charge in [0.15, 0.2) is 0 Å². The molecule has 0 aliphatic heterocycles. The van der Waals surface area contributed by atoms with Crippen LogP contribution in [0.4, 0.5) is 0 Å². The summed E-state index contributed by atoms with van der Waals surface area (Å²) in [5, 5.41) is 1.39. The summed E-state index contributed by atoms with van der Waals surface area (Å²) in [6.45, 7) is 5.00. The molecule has 0 saturated carbocycles. The molecule has 0 amide bonds. The Balaban J connectivity index is 0. The minimum atomic E-state index is -0.0625. The van der Waals surface area contributed by atoms with Crippen LogP contribution in [0, 0.1) is 0 Å². The monoisotopic (exact) mass is 158 g/mol. The van der Waals surface area contributed by atoms with Crippen LogP contribution in [-0.2, 0) is 9.59 Å². The van der Waals surface area contributed by atoms with Crippen LogP contribution >= 0.6 is 0 Å². The van der Waals surface area contributed by atoms with Gasteiger partial charge in [-0.1, -0.05) is 6.92 Å². The predicted molar refractivity (Wildman–Crippen MR) is 45.0 cm³/mol. The van der Waals surface area contributed by atoms with Crippen molar-refractivity contribution < 1.29 is 9.59 Å². The fraction of sp³-hybridized carbons (Fsp3) is 0.714. The fourth-order valence-electron chi connectivity index (χ4n) is 0.351. The van der Waals surface area contributed by atoms with Gasteiger partial charge < -0.3 is 0 Å². The Labute approximate surface area is 70.4 Å². The van der Waals surface area contributed by atoms with Gasteiger partial charge in [-0.25, -0.2) is 0 Å². The van der Waals surface area contributed by atoms with Crippen LogP contribution < -0.4 is 0 Å². The molecule has 0 aromatic carbocycles. The van der Waals surface area contributed by atoms with Gasteiger partial charge in [-0.15, -0.1) is 5.28 Å². The van der Waals surface area contributed by atoms with Gasteiger partial charge in [-0.3, -0.25) is 9.59 Å². The lowest BCUT2D eigenvalue weighted by Gasteiger charge is -1.81. The third kappa shape index (κ3) is 24.8. The minimum Gasteiger partial charge on any atom is -0.300 e. The van der Waals surface area contributed by atoms with E-state index in [-0.39, 0.29) is 18.0 Å². The Hall–Kier alpha value is -0.128. The molecule has 0 fully saturated rings. The van der Waals surface area contributed by atoms with E-state index in [1.165, 1.54) is 35.4 Å². The van der Waals surface area contributed by atoms with Crippen LogP contribution in [0.3, 0.4) is 0 Å². The highest BCUT2D eigenvalue weighted by Crippen LogP contribution is 1.80. The van der Waals surface area contributed by atoms with Crippen LogP contribution in [-0.4, -0.2) is 27.9 Å². The molecule has 2 nitrogen and oxygen atoms in total. The topological polar surface area (TPSA) is 34.1 Å². The van der Waals surface area contributed by atoms with Crippen molar-refractivity contribution in [3.05, 3.63) is 0 Å². The highest BCUT2D eigenvalue weighted by atomic mass is 27.0. The summed E-state index contributed by atoms with van der Waals surface area (Å²) in [7, 11) is 0. The third-order valence-electron chi connectivity index (χ3n) is 0.498. The average Bonchev–Trinajstić information content (AvgIpc) is 1.62. The number of hydrogen-bond donors (Lipinski definition) is 0. The average molecular weight is 158 g/mol. The number of ketones is 2. The molecule has 0 N–H and O–H groups in total. The molecule has 0 rings (SSSR count). The molecular formula is C7H15AlO2. The molecule has 0 bridgehead atoms. The number of hydrogen-bond acceptors (Lipinski definition) is 2. The highest BCUT2D eigenvalue weighted by Gasteiger charge is 1.94. The van der Waals surface area contributed by atoms with E-state index in [1.807, 2.05) is 0 Å². The lowest BCUT2D eigenvalue weighted by molar-refractivity contribution is -0.124. The summed E-state index contributed by atoms with van der Waals surface area (Å²) in [6.07, 6.45) is 0.0833. The summed E-state index contributed by atoms with van der Waals surface area (Å²) in [5.74, 6) is -0.125. The molecule has 0 unspecified atom stereocenters. The van der Waals surface area contributed by atoms with Crippen LogP contribution in [0.5, 0.6) is 0 Å². The van der Waals surface area contributed by atoms with Gasteiger partial charge in [0, 0.05) is 0 Å². The van der Waals surface area contributed by atoms with Crippen LogP contribution in [0.25, 0.3) is 0 Å². The van der Waals surface area contributed by atoms with E-state index in [9.17, 15) is 9.59 Å². The van der Waals surface area contributed by atoms with Crippen molar-refractivity contribution in [3.8, 4) is 0 Å². The normalized spacial score (nSPS) is 7.50. The Morgan fingerprint density at radius 3 is 1.40 bits per heavy atom. The van der Waals surface area contributed by atoms with Crippen molar-refractivity contribution in [2.45, 2.75) is 32.5 Å². The molecule has 0 aromatic rings. The van der Waals surface area contributed by atoms with Crippen molar-refractivity contribution in [2.75, 3.05) is 0 Å². The molecule has 0 radical (unpaired) electrons. The van der Waals surface area contributed by atoms with Gasteiger partial charge in [0.05, 0.1) is 6.42 Å². The quantitative estimate of drug-likeness (QED) is 0.436. The Morgan fingerprint density at radius 1 is 1.20 bits per heavy atom. The molecule has 3 heteroatoms. The number of carbonyl (C=O) groups excluding carboxylic acids is 2. The number of rotatable bonds is 2. The fourth-order valence-corrected chi connectivity index (χ4v) is 0.351. The summed E-state index contributed by atoms with van der Waals surface area (Å²) in [5.41, 5.74) is 0. The largest absolute Gasteiger partial charge is 0.300 e. The van der Waals surface area contributed by atoms with Crippen molar-refractivity contribution in [1.82, 2.24) is 0 Å². The summed E-state index contributed by atoms with van der Waals surface area (Å²) in [4.78, 5) is 20.1. The molecular weight excluding hydrogens is 143 g/mol. The van der Waals surface area contributed by atoms with Gasteiger partial charge in [0.1, 0.15) is 11.6 Å². The summed E-state index contributed by atoms with van der Waals surface area (Å²) in [6, 6.07) is 0. The van der Waals surface area contributed by atoms with Crippen molar-refractivity contribution in [2.24, 2.45) is 0 Å². The van der Waals surface area contributed by atoms with Gasteiger partial charge >= 0.3 is 0 Å². The second-order valence-corrected chi connectivity index (χ2v) is 3.70. The van der Waals surface area contributed by atoms with Crippen molar-refractivity contribution >= 4 is 27.9 Å². The minimum absolute atomic E-state index is 0.0625. The first kappa shape index (κ1) is 12.5. The Morgan fingerprint density at radius 2 is 1.40 bits per heavy atom. The number of Topliss-reactive ketones (excluding diaryl/α,β-unsaturated/α-hetero) is 2. The van der Waals surface area contributed by atoms with Crippen LogP contribution in [0.2, 0.25) is 5.28 Å². The molecule has 58 valence electrons. The van der Waals surface area contributed by atoms with E-state index in [0.717, 1.165) is 0 Å². The van der Waals surface area contributed by atoms with Crippen molar-refractivity contribution in [1.29, 1.82) is 0 Å². The maximum Gasteiger partial charge on any atom is 0.211 e. The lowest BCUT2D eigenvalue weighted by atomic mass is 10.2. The van der Waals surface area contributed by atoms with E-state index in [1.54, 1.807) is 0 Å². The predicted octanol–water partition coefficient (Wildman–Crippen LogP) is 0.612. The number of carbonyl (C=O) groups is 2. The molecule has 0 spiro atoms. The van der Waals surface area contributed by atoms with E-state index in [4.69, 9.17) is 0 Å². The molecule has 0 saturated heterocycles. The summed E-state index contributed by atoms with van der Waals surface area (Å²) >= 11 is 1.37.